The molecule has 0 spiro atoms. The average Bonchev–Trinajstić information content (AvgIpc) is 3.49. The van der Waals surface area contributed by atoms with Crippen LogP contribution in [0.15, 0.2) is 39.3 Å². The number of guanidine groups is 1. The maximum atomic E-state index is 5.71. The van der Waals surface area contributed by atoms with Gasteiger partial charge in [0.2, 0.25) is 0 Å². The van der Waals surface area contributed by atoms with Crippen molar-refractivity contribution in [1.82, 2.24) is 20.4 Å². The Bertz CT molecular complexity index is 751. The number of nitrogens with zero attached hydrogens (tertiary/aromatic N) is 3. The molecule has 4 rings (SSSR count). The molecule has 2 N–H and O–H groups in total. The van der Waals surface area contributed by atoms with Gasteiger partial charge in [-0.1, -0.05) is 0 Å². The van der Waals surface area contributed by atoms with Gasteiger partial charge in [-0.3, -0.25) is 14.8 Å². The van der Waals surface area contributed by atoms with Crippen LogP contribution in [0.5, 0.6) is 0 Å². The summed E-state index contributed by atoms with van der Waals surface area (Å²) >= 11 is 1.90. The van der Waals surface area contributed by atoms with Crippen molar-refractivity contribution in [3.8, 4) is 0 Å². The topological polar surface area (TPSA) is 56.0 Å². The van der Waals surface area contributed by atoms with Crippen LogP contribution in [0.1, 0.15) is 35.1 Å². The van der Waals surface area contributed by atoms with E-state index in [2.05, 4.69) is 42.9 Å². The maximum Gasteiger partial charge on any atom is 0.191 e. The predicted octanol–water partition coefficient (Wildman–Crippen LogP) is 2.70. The number of aliphatic imine (C=N–C) groups is 1. The van der Waals surface area contributed by atoms with Gasteiger partial charge in [0.25, 0.3) is 0 Å². The molecule has 2 aromatic rings. The summed E-state index contributed by atoms with van der Waals surface area (Å²) in [5.41, 5.74) is 1.51. The van der Waals surface area contributed by atoms with Crippen LogP contribution < -0.4 is 10.6 Å². The zero-order valence-corrected chi connectivity index (χ0v) is 17.5. The minimum atomic E-state index is 0.259. The van der Waals surface area contributed by atoms with E-state index in [-0.39, 0.29) is 6.04 Å². The number of hydrogen-bond donors (Lipinski definition) is 2. The van der Waals surface area contributed by atoms with E-state index in [0.717, 1.165) is 57.5 Å². The maximum absolute atomic E-state index is 5.71. The second-order valence-electron chi connectivity index (χ2n) is 7.55. The Morgan fingerprint density at radius 2 is 2.14 bits per heavy atom. The van der Waals surface area contributed by atoms with Crippen molar-refractivity contribution in [2.24, 2.45) is 4.99 Å². The molecule has 2 aliphatic rings. The molecule has 0 aliphatic carbocycles. The first-order valence-electron chi connectivity index (χ1n) is 10.3. The van der Waals surface area contributed by atoms with E-state index < -0.39 is 0 Å². The predicted molar refractivity (Wildman–Crippen MR) is 115 cm³/mol. The van der Waals surface area contributed by atoms with E-state index in [0.29, 0.717) is 0 Å². The summed E-state index contributed by atoms with van der Waals surface area (Å²) < 4.78 is 5.71. The van der Waals surface area contributed by atoms with E-state index >= 15 is 0 Å². The monoisotopic (exact) mass is 401 g/mol. The van der Waals surface area contributed by atoms with E-state index in [1.807, 2.05) is 24.5 Å². The second kappa shape index (κ2) is 9.58. The van der Waals surface area contributed by atoms with Crippen LogP contribution in [0.2, 0.25) is 0 Å². The molecule has 152 valence electrons. The third kappa shape index (κ3) is 4.77. The summed E-state index contributed by atoms with van der Waals surface area (Å²) in [6, 6.07) is 6.58. The molecule has 1 unspecified atom stereocenters. The number of hydrogen-bond acceptors (Lipinski definition) is 5. The number of rotatable bonds is 7. The van der Waals surface area contributed by atoms with Crippen molar-refractivity contribution in [2.45, 2.75) is 31.8 Å². The smallest absolute Gasteiger partial charge is 0.191 e. The fraction of sp³-hybridized carbons (Fsp3) is 0.571. The lowest BCUT2D eigenvalue weighted by molar-refractivity contribution is 0.215. The third-order valence-corrected chi connectivity index (χ3v) is 6.77. The normalized spacial score (nSPS) is 19.5. The van der Waals surface area contributed by atoms with Crippen molar-refractivity contribution in [1.29, 1.82) is 0 Å². The molecule has 2 aromatic heterocycles. The van der Waals surface area contributed by atoms with E-state index in [4.69, 9.17) is 4.42 Å². The Morgan fingerprint density at radius 3 is 2.93 bits per heavy atom. The fourth-order valence-corrected chi connectivity index (χ4v) is 5.08. The molecule has 7 heteroatoms. The van der Waals surface area contributed by atoms with Crippen LogP contribution in [-0.2, 0) is 13.0 Å². The van der Waals surface area contributed by atoms with Gasteiger partial charge in [0, 0.05) is 44.6 Å². The number of fused-ring (bicyclic) bond motifs is 1. The SMILES string of the molecule is CN=C(NCCN1CCc2sccc2C1)NCC(c1ccco1)N1CCCC1. The largest absolute Gasteiger partial charge is 0.468 e. The molecule has 4 heterocycles. The summed E-state index contributed by atoms with van der Waals surface area (Å²) in [7, 11) is 1.84. The number of furan rings is 1. The van der Waals surface area contributed by atoms with E-state index in [1.54, 1.807) is 11.1 Å². The standard InChI is InChI=1S/C21H31N5OS/c1-22-21(23-8-12-25-11-6-20-17(16-25)7-14-28-20)24-15-18(19-5-4-13-27-19)26-9-2-3-10-26/h4-5,7,13-14,18H,2-3,6,8-12,15-16H2,1H3,(H2,22,23,24). The fourth-order valence-electron chi connectivity index (χ4n) is 4.19. The lowest BCUT2D eigenvalue weighted by Crippen LogP contribution is -2.45. The van der Waals surface area contributed by atoms with Crippen molar-refractivity contribution in [3.63, 3.8) is 0 Å². The average molecular weight is 402 g/mol. The highest BCUT2D eigenvalue weighted by atomic mass is 32.1. The van der Waals surface area contributed by atoms with Gasteiger partial charge in [-0.05, 0) is 61.5 Å². The molecular formula is C21H31N5OS. The zero-order chi connectivity index (χ0) is 19.2. The van der Waals surface area contributed by atoms with Crippen LogP contribution >= 0.6 is 11.3 Å². The Labute approximate surface area is 171 Å². The van der Waals surface area contributed by atoms with Crippen LogP contribution in [0.25, 0.3) is 0 Å². The highest BCUT2D eigenvalue weighted by molar-refractivity contribution is 7.10. The van der Waals surface area contributed by atoms with Gasteiger partial charge in [-0.2, -0.15) is 0 Å². The van der Waals surface area contributed by atoms with Crippen LogP contribution in [0.4, 0.5) is 0 Å². The van der Waals surface area contributed by atoms with E-state index in [9.17, 15) is 0 Å². The minimum Gasteiger partial charge on any atom is -0.468 e. The first kappa shape index (κ1) is 19.5. The Balaban J connectivity index is 1.24. The van der Waals surface area contributed by atoms with Gasteiger partial charge < -0.3 is 15.1 Å². The molecule has 0 bridgehead atoms. The highest BCUT2D eigenvalue weighted by Gasteiger charge is 2.25. The van der Waals surface area contributed by atoms with Gasteiger partial charge in [-0.15, -0.1) is 11.3 Å². The molecule has 0 radical (unpaired) electrons. The second-order valence-corrected chi connectivity index (χ2v) is 8.55. The van der Waals surface area contributed by atoms with Crippen LogP contribution in [-0.4, -0.2) is 62.1 Å². The Hall–Kier alpha value is -1.83. The summed E-state index contributed by atoms with van der Waals surface area (Å²) in [5, 5.41) is 9.20. The summed E-state index contributed by atoms with van der Waals surface area (Å²) in [4.78, 5) is 11.0. The lowest BCUT2D eigenvalue weighted by Gasteiger charge is -2.28. The lowest BCUT2D eigenvalue weighted by atomic mass is 10.1. The van der Waals surface area contributed by atoms with Gasteiger partial charge in [-0.25, -0.2) is 0 Å². The first-order chi connectivity index (χ1) is 13.8. The number of likely N-dealkylation sites (tertiary alicyclic amines) is 1. The summed E-state index contributed by atoms with van der Waals surface area (Å²) in [5.74, 6) is 1.90. The molecular weight excluding hydrogens is 370 g/mol. The molecule has 0 amide bonds. The number of nitrogens with one attached hydrogen (secondary N) is 2. The molecule has 1 saturated heterocycles. The highest BCUT2D eigenvalue weighted by Crippen LogP contribution is 2.25. The Kier molecular flexibility index (Phi) is 6.67. The molecule has 28 heavy (non-hydrogen) atoms. The number of thiophene rings is 1. The van der Waals surface area contributed by atoms with Gasteiger partial charge in [0.15, 0.2) is 5.96 Å². The van der Waals surface area contributed by atoms with Crippen molar-refractivity contribution in [3.05, 3.63) is 46.0 Å². The third-order valence-electron chi connectivity index (χ3n) is 5.75. The zero-order valence-electron chi connectivity index (χ0n) is 16.7. The van der Waals surface area contributed by atoms with Crippen LogP contribution in [0, 0.1) is 0 Å². The molecule has 6 nitrogen and oxygen atoms in total. The van der Waals surface area contributed by atoms with Gasteiger partial charge >= 0.3 is 0 Å². The first-order valence-corrected chi connectivity index (χ1v) is 11.2. The minimum absolute atomic E-state index is 0.259. The Morgan fingerprint density at radius 1 is 1.25 bits per heavy atom. The molecule has 0 aromatic carbocycles. The van der Waals surface area contributed by atoms with Crippen molar-refractivity contribution < 1.29 is 4.42 Å². The molecule has 2 aliphatic heterocycles. The summed E-state index contributed by atoms with van der Waals surface area (Å²) in [6.45, 7) is 7.23. The van der Waals surface area contributed by atoms with Crippen LogP contribution in [0.3, 0.4) is 0 Å². The molecule has 1 fully saturated rings. The quantitative estimate of drug-likeness (QED) is 0.552. The van der Waals surface area contributed by atoms with Gasteiger partial charge in [0.05, 0.1) is 12.3 Å². The molecule has 1 atom stereocenters. The summed E-state index contributed by atoms with van der Waals surface area (Å²) in [6.07, 6.45) is 5.49. The van der Waals surface area contributed by atoms with E-state index in [1.165, 1.54) is 24.8 Å². The van der Waals surface area contributed by atoms with Crippen molar-refractivity contribution >= 4 is 17.3 Å². The van der Waals surface area contributed by atoms with Gasteiger partial charge in [0.1, 0.15) is 5.76 Å². The molecule has 0 saturated carbocycles. The van der Waals surface area contributed by atoms with Crippen molar-refractivity contribution in [2.75, 3.05) is 46.3 Å².